The fraction of sp³-hybridized carbons (Fsp3) is 0.278. The minimum Gasteiger partial charge on any atom is -0.325 e. The molecule has 2 aromatic rings. The number of nitrogens with one attached hydrogen (secondary N) is 2. The Morgan fingerprint density at radius 1 is 1.14 bits per heavy atom. The largest absolute Gasteiger partial charge is 0.325 e. The van der Waals surface area contributed by atoms with Gasteiger partial charge in [0, 0.05) is 5.69 Å². The summed E-state index contributed by atoms with van der Waals surface area (Å²) in [5, 5.41) is 5.92. The van der Waals surface area contributed by atoms with Crippen molar-refractivity contribution in [3.05, 3.63) is 65.0 Å². The Balaban J connectivity index is 1.76. The second kappa shape index (κ2) is 7.71. The number of carbonyl (C=O) groups is 1. The van der Waals surface area contributed by atoms with Crippen LogP contribution < -0.4 is 10.6 Å². The van der Waals surface area contributed by atoms with Crippen molar-refractivity contribution in [1.82, 2.24) is 5.32 Å². The van der Waals surface area contributed by atoms with Crippen LogP contribution in [0.5, 0.6) is 0 Å². The van der Waals surface area contributed by atoms with Gasteiger partial charge >= 0.3 is 0 Å². The maximum atomic E-state index is 13.4. The first-order valence-corrected chi connectivity index (χ1v) is 7.37. The van der Waals surface area contributed by atoms with E-state index < -0.39 is 0 Å². The second-order valence-corrected chi connectivity index (χ2v) is 5.38. The van der Waals surface area contributed by atoms with Crippen LogP contribution in [-0.4, -0.2) is 19.0 Å². The smallest absolute Gasteiger partial charge is 0.238 e. The highest BCUT2D eigenvalue weighted by Gasteiger charge is 2.05. The molecule has 116 valence electrons. The molecule has 0 saturated heterocycles. The summed E-state index contributed by atoms with van der Waals surface area (Å²) in [4.78, 5) is 11.9. The van der Waals surface area contributed by atoms with E-state index in [1.54, 1.807) is 12.1 Å². The summed E-state index contributed by atoms with van der Waals surface area (Å²) in [6, 6.07) is 12.6. The van der Waals surface area contributed by atoms with Crippen LogP contribution >= 0.6 is 0 Å². The summed E-state index contributed by atoms with van der Waals surface area (Å²) in [7, 11) is 0. The minimum absolute atomic E-state index is 0.0952. The number of hydrogen-bond acceptors (Lipinski definition) is 2. The lowest BCUT2D eigenvalue weighted by molar-refractivity contribution is -0.115. The monoisotopic (exact) mass is 300 g/mol. The van der Waals surface area contributed by atoms with Gasteiger partial charge in [-0.05, 0) is 55.6 Å². The summed E-state index contributed by atoms with van der Waals surface area (Å²) >= 11 is 0. The number of anilines is 1. The minimum atomic E-state index is -0.205. The molecule has 0 spiro atoms. The van der Waals surface area contributed by atoms with Crippen molar-refractivity contribution >= 4 is 11.6 Å². The van der Waals surface area contributed by atoms with Crippen molar-refractivity contribution in [3.8, 4) is 0 Å². The molecule has 0 radical (unpaired) electrons. The number of aryl methyl sites for hydroxylation is 2. The number of hydrogen-bond donors (Lipinski definition) is 2. The van der Waals surface area contributed by atoms with E-state index in [9.17, 15) is 9.18 Å². The molecule has 0 aliphatic carbocycles. The maximum Gasteiger partial charge on any atom is 0.238 e. The van der Waals surface area contributed by atoms with E-state index in [1.807, 2.05) is 38.1 Å². The highest BCUT2D eigenvalue weighted by atomic mass is 19.1. The van der Waals surface area contributed by atoms with Crippen molar-refractivity contribution in [2.24, 2.45) is 0 Å². The lowest BCUT2D eigenvalue weighted by atomic mass is 10.1. The first kappa shape index (κ1) is 16.2. The molecule has 4 heteroatoms. The molecule has 0 atom stereocenters. The van der Waals surface area contributed by atoms with Crippen LogP contribution in [0, 0.1) is 19.7 Å². The van der Waals surface area contributed by atoms with Crippen LogP contribution in [0.2, 0.25) is 0 Å². The van der Waals surface area contributed by atoms with Crippen LogP contribution in [0.25, 0.3) is 0 Å². The summed E-state index contributed by atoms with van der Waals surface area (Å²) in [5.74, 6) is -0.300. The van der Waals surface area contributed by atoms with Crippen molar-refractivity contribution in [2.75, 3.05) is 18.4 Å². The van der Waals surface area contributed by atoms with Crippen LogP contribution in [0.4, 0.5) is 10.1 Å². The normalized spacial score (nSPS) is 10.5. The van der Waals surface area contributed by atoms with Crippen LogP contribution in [0.1, 0.15) is 16.7 Å². The van der Waals surface area contributed by atoms with Gasteiger partial charge in [0.05, 0.1) is 6.54 Å². The van der Waals surface area contributed by atoms with Gasteiger partial charge in [-0.25, -0.2) is 4.39 Å². The first-order valence-electron chi connectivity index (χ1n) is 7.37. The van der Waals surface area contributed by atoms with Crippen LogP contribution in [0.15, 0.2) is 42.5 Å². The number of benzene rings is 2. The quantitative estimate of drug-likeness (QED) is 0.804. The standard InChI is InChI=1S/C18H21FN2O/c1-13-7-8-14(2)17(11-13)21-18(22)12-20-10-9-15-5-3-4-6-16(15)19/h3-8,11,20H,9-10,12H2,1-2H3,(H,21,22). The summed E-state index contributed by atoms with van der Waals surface area (Å²) in [5.41, 5.74) is 3.63. The number of amides is 1. The molecule has 0 fully saturated rings. The Morgan fingerprint density at radius 3 is 2.68 bits per heavy atom. The van der Waals surface area contributed by atoms with Crippen LogP contribution in [-0.2, 0) is 11.2 Å². The fourth-order valence-corrected chi connectivity index (χ4v) is 2.19. The molecule has 0 aliphatic heterocycles. The van der Waals surface area contributed by atoms with E-state index in [-0.39, 0.29) is 18.3 Å². The summed E-state index contributed by atoms with van der Waals surface area (Å²) < 4.78 is 13.4. The lowest BCUT2D eigenvalue weighted by Crippen LogP contribution is -2.29. The number of halogens is 1. The first-order chi connectivity index (χ1) is 10.6. The van der Waals surface area contributed by atoms with E-state index in [0.717, 1.165) is 16.8 Å². The molecule has 0 aromatic heterocycles. The molecule has 2 aromatic carbocycles. The fourth-order valence-electron chi connectivity index (χ4n) is 2.19. The third-order valence-corrected chi connectivity index (χ3v) is 3.48. The Labute approximate surface area is 130 Å². The average molecular weight is 300 g/mol. The van der Waals surface area contributed by atoms with Crippen LogP contribution in [0.3, 0.4) is 0 Å². The molecule has 3 nitrogen and oxygen atoms in total. The molecule has 0 unspecified atom stereocenters. The molecule has 0 saturated carbocycles. The Bertz CT molecular complexity index is 655. The molecular weight excluding hydrogens is 279 g/mol. The van der Waals surface area contributed by atoms with Crippen molar-refractivity contribution < 1.29 is 9.18 Å². The zero-order valence-corrected chi connectivity index (χ0v) is 12.9. The molecule has 2 rings (SSSR count). The van der Waals surface area contributed by atoms with Crippen molar-refractivity contribution in [3.63, 3.8) is 0 Å². The third kappa shape index (κ3) is 4.67. The Hall–Kier alpha value is -2.20. The lowest BCUT2D eigenvalue weighted by Gasteiger charge is -2.10. The van der Waals surface area contributed by atoms with Gasteiger partial charge < -0.3 is 10.6 Å². The van der Waals surface area contributed by atoms with E-state index in [4.69, 9.17) is 0 Å². The maximum absolute atomic E-state index is 13.4. The number of carbonyl (C=O) groups excluding carboxylic acids is 1. The van der Waals surface area contributed by atoms with Crippen molar-refractivity contribution in [2.45, 2.75) is 20.3 Å². The Morgan fingerprint density at radius 2 is 1.91 bits per heavy atom. The van der Waals surface area contributed by atoms with E-state index in [0.29, 0.717) is 18.5 Å². The zero-order chi connectivity index (χ0) is 15.9. The molecule has 22 heavy (non-hydrogen) atoms. The summed E-state index contributed by atoms with van der Waals surface area (Å²) in [6.45, 7) is 4.71. The molecule has 2 N–H and O–H groups in total. The van der Waals surface area contributed by atoms with E-state index >= 15 is 0 Å². The SMILES string of the molecule is Cc1ccc(C)c(NC(=O)CNCCc2ccccc2F)c1. The molecule has 0 aliphatic rings. The van der Waals surface area contributed by atoms with Gasteiger partial charge in [-0.15, -0.1) is 0 Å². The Kier molecular flexibility index (Phi) is 5.67. The van der Waals surface area contributed by atoms with E-state index in [1.165, 1.54) is 6.07 Å². The molecule has 0 heterocycles. The van der Waals surface area contributed by atoms with Gasteiger partial charge in [-0.3, -0.25) is 4.79 Å². The van der Waals surface area contributed by atoms with Gasteiger partial charge in [0.25, 0.3) is 0 Å². The summed E-state index contributed by atoms with van der Waals surface area (Å²) in [6.07, 6.45) is 0.559. The van der Waals surface area contributed by atoms with Gasteiger partial charge in [-0.1, -0.05) is 30.3 Å². The molecule has 0 bridgehead atoms. The predicted octanol–water partition coefficient (Wildman–Crippen LogP) is 3.21. The topological polar surface area (TPSA) is 41.1 Å². The molecular formula is C18H21FN2O. The van der Waals surface area contributed by atoms with Gasteiger partial charge in [0.2, 0.25) is 5.91 Å². The highest BCUT2D eigenvalue weighted by Crippen LogP contribution is 2.15. The second-order valence-electron chi connectivity index (χ2n) is 5.38. The highest BCUT2D eigenvalue weighted by molar-refractivity contribution is 5.93. The third-order valence-electron chi connectivity index (χ3n) is 3.48. The molecule has 1 amide bonds. The zero-order valence-electron chi connectivity index (χ0n) is 12.9. The van der Waals surface area contributed by atoms with Gasteiger partial charge in [0.1, 0.15) is 5.82 Å². The van der Waals surface area contributed by atoms with Gasteiger partial charge in [-0.2, -0.15) is 0 Å². The van der Waals surface area contributed by atoms with E-state index in [2.05, 4.69) is 10.6 Å². The average Bonchev–Trinajstić information content (AvgIpc) is 2.49. The van der Waals surface area contributed by atoms with Crippen molar-refractivity contribution in [1.29, 1.82) is 0 Å². The van der Waals surface area contributed by atoms with Gasteiger partial charge in [0.15, 0.2) is 0 Å². The predicted molar refractivity (Wildman–Crippen MR) is 87.5 cm³/mol. The number of rotatable bonds is 6.